The Balaban J connectivity index is 2.59. The molecule has 0 aliphatic carbocycles. The quantitative estimate of drug-likeness (QED) is 0.755. The fraction of sp³-hybridized carbons (Fsp3) is 0.625. The van der Waals surface area contributed by atoms with Crippen LogP contribution in [0.2, 0.25) is 0 Å². The largest absolute Gasteiger partial charge is 0.497 e. The van der Waals surface area contributed by atoms with E-state index in [1.54, 1.807) is 14.2 Å². The van der Waals surface area contributed by atoms with Crippen LogP contribution in [0.4, 0.5) is 0 Å². The van der Waals surface area contributed by atoms with Crippen molar-refractivity contribution in [3.05, 3.63) is 29.8 Å². The van der Waals surface area contributed by atoms with Crippen molar-refractivity contribution in [1.82, 2.24) is 5.32 Å². The second-order valence-corrected chi connectivity index (χ2v) is 5.40. The van der Waals surface area contributed by atoms with Gasteiger partial charge in [-0.05, 0) is 45.0 Å². The van der Waals surface area contributed by atoms with E-state index in [-0.39, 0.29) is 11.7 Å². The van der Waals surface area contributed by atoms with Crippen LogP contribution in [0.1, 0.15) is 31.9 Å². The van der Waals surface area contributed by atoms with Crippen molar-refractivity contribution in [3.63, 3.8) is 0 Å². The van der Waals surface area contributed by atoms with Crippen LogP contribution >= 0.6 is 0 Å². The van der Waals surface area contributed by atoms with Gasteiger partial charge in [-0.3, -0.25) is 0 Å². The molecule has 0 radical (unpaired) electrons. The summed E-state index contributed by atoms with van der Waals surface area (Å²) in [6.07, 6.45) is 0.901. The van der Waals surface area contributed by atoms with E-state index in [1.165, 1.54) is 0 Å². The normalized spacial score (nSPS) is 13.2. The highest BCUT2D eigenvalue weighted by Crippen LogP contribution is 2.22. The standard InChI is InChI=1S/C16H27NO3/c1-16(2,19-5)10-11-20-15(12-17-3)13-6-8-14(18-4)9-7-13/h6-9,15,17H,10-12H2,1-5H3. The van der Waals surface area contributed by atoms with Gasteiger partial charge in [0.15, 0.2) is 0 Å². The minimum atomic E-state index is -0.149. The maximum absolute atomic E-state index is 6.00. The van der Waals surface area contributed by atoms with E-state index in [0.717, 1.165) is 24.3 Å². The van der Waals surface area contributed by atoms with Gasteiger partial charge in [0, 0.05) is 13.7 Å². The third kappa shape index (κ3) is 5.49. The summed E-state index contributed by atoms with van der Waals surface area (Å²) in [7, 11) is 5.33. The average molecular weight is 281 g/mol. The summed E-state index contributed by atoms with van der Waals surface area (Å²) < 4.78 is 16.6. The molecule has 0 amide bonds. The average Bonchev–Trinajstić information content (AvgIpc) is 2.46. The van der Waals surface area contributed by atoms with Crippen molar-refractivity contribution in [3.8, 4) is 5.75 Å². The second-order valence-electron chi connectivity index (χ2n) is 5.40. The minimum Gasteiger partial charge on any atom is -0.497 e. The monoisotopic (exact) mass is 281 g/mol. The Morgan fingerprint density at radius 1 is 1.15 bits per heavy atom. The van der Waals surface area contributed by atoms with Gasteiger partial charge in [-0.1, -0.05) is 12.1 Å². The van der Waals surface area contributed by atoms with E-state index in [0.29, 0.717) is 6.61 Å². The van der Waals surface area contributed by atoms with Gasteiger partial charge in [-0.2, -0.15) is 0 Å². The summed E-state index contributed by atoms with van der Waals surface area (Å²) in [5.74, 6) is 0.859. The van der Waals surface area contributed by atoms with Crippen LogP contribution < -0.4 is 10.1 Å². The minimum absolute atomic E-state index is 0.0403. The van der Waals surface area contributed by atoms with Gasteiger partial charge in [0.2, 0.25) is 0 Å². The number of hydrogen-bond donors (Lipinski definition) is 1. The third-order valence-electron chi connectivity index (χ3n) is 3.45. The summed E-state index contributed by atoms with van der Waals surface area (Å²) >= 11 is 0. The van der Waals surface area contributed by atoms with Crippen molar-refractivity contribution in [2.45, 2.75) is 32.0 Å². The molecule has 4 nitrogen and oxygen atoms in total. The smallest absolute Gasteiger partial charge is 0.118 e. The van der Waals surface area contributed by atoms with E-state index in [1.807, 2.05) is 31.3 Å². The van der Waals surface area contributed by atoms with Gasteiger partial charge in [0.25, 0.3) is 0 Å². The number of likely N-dealkylation sites (N-methyl/N-ethyl adjacent to an activating group) is 1. The maximum Gasteiger partial charge on any atom is 0.118 e. The summed E-state index contributed by atoms with van der Waals surface area (Å²) in [5.41, 5.74) is 1.000. The third-order valence-corrected chi connectivity index (χ3v) is 3.45. The van der Waals surface area contributed by atoms with Crippen molar-refractivity contribution in [2.24, 2.45) is 0 Å². The lowest BCUT2D eigenvalue weighted by molar-refractivity contribution is -0.0269. The molecule has 0 heterocycles. The van der Waals surface area contributed by atoms with Crippen molar-refractivity contribution in [1.29, 1.82) is 0 Å². The van der Waals surface area contributed by atoms with Crippen molar-refractivity contribution >= 4 is 0 Å². The summed E-state index contributed by atoms with van der Waals surface area (Å²) in [5, 5.41) is 3.17. The fourth-order valence-electron chi connectivity index (χ4n) is 1.83. The zero-order valence-corrected chi connectivity index (χ0v) is 13.2. The molecule has 4 heteroatoms. The molecular weight excluding hydrogens is 254 g/mol. The molecule has 0 aliphatic heterocycles. The molecule has 1 aromatic rings. The molecular formula is C16H27NO3. The molecule has 1 atom stereocenters. The number of nitrogens with one attached hydrogen (secondary N) is 1. The van der Waals surface area contributed by atoms with Gasteiger partial charge in [0.1, 0.15) is 5.75 Å². The molecule has 1 unspecified atom stereocenters. The van der Waals surface area contributed by atoms with Crippen molar-refractivity contribution in [2.75, 3.05) is 34.4 Å². The molecule has 20 heavy (non-hydrogen) atoms. The molecule has 1 N–H and O–H groups in total. The first kappa shape index (κ1) is 17.0. The van der Waals surface area contributed by atoms with Crippen LogP contribution in [0.15, 0.2) is 24.3 Å². The van der Waals surface area contributed by atoms with Gasteiger partial charge in [0.05, 0.1) is 25.4 Å². The molecule has 0 spiro atoms. The Bertz CT molecular complexity index is 376. The zero-order valence-electron chi connectivity index (χ0n) is 13.2. The second kappa shape index (κ2) is 8.25. The number of methoxy groups -OCH3 is 2. The molecule has 1 rings (SSSR count). The van der Waals surface area contributed by atoms with E-state index >= 15 is 0 Å². The Hall–Kier alpha value is -1.10. The molecule has 0 fully saturated rings. The highest BCUT2D eigenvalue weighted by Gasteiger charge is 2.18. The van der Waals surface area contributed by atoms with Crippen LogP contribution in [0, 0.1) is 0 Å². The Morgan fingerprint density at radius 2 is 1.80 bits per heavy atom. The predicted molar refractivity (Wildman–Crippen MR) is 81.3 cm³/mol. The highest BCUT2D eigenvalue weighted by atomic mass is 16.5. The van der Waals surface area contributed by atoms with Crippen molar-refractivity contribution < 1.29 is 14.2 Å². The van der Waals surface area contributed by atoms with Gasteiger partial charge in [-0.15, -0.1) is 0 Å². The maximum atomic E-state index is 6.00. The van der Waals surface area contributed by atoms with Crippen LogP contribution in [0.5, 0.6) is 5.75 Å². The number of benzene rings is 1. The summed E-state index contributed by atoms with van der Waals surface area (Å²) in [4.78, 5) is 0. The number of hydrogen-bond acceptors (Lipinski definition) is 4. The Labute approximate surface area is 122 Å². The van der Waals surface area contributed by atoms with E-state index in [4.69, 9.17) is 14.2 Å². The van der Waals surface area contributed by atoms with Gasteiger partial charge in [-0.25, -0.2) is 0 Å². The van der Waals surface area contributed by atoms with Crippen LogP contribution in [-0.2, 0) is 9.47 Å². The van der Waals surface area contributed by atoms with E-state index < -0.39 is 0 Å². The Morgan fingerprint density at radius 3 is 2.30 bits per heavy atom. The zero-order chi connectivity index (χ0) is 15.0. The first-order valence-corrected chi connectivity index (χ1v) is 6.97. The van der Waals surface area contributed by atoms with Crippen LogP contribution in [0.25, 0.3) is 0 Å². The first-order valence-electron chi connectivity index (χ1n) is 6.97. The van der Waals surface area contributed by atoms with Gasteiger partial charge < -0.3 is 19.5 Å². The first-order chi connectivity index (χ1) is 9.52. The topological polar surface area (TPSA) is 39.7 Å². The van der Waals surface area contributed by atoms with E-state index in [9.17, 15) is 0 Å². The van der Waals surface area contributed by atoms with Crippen LogP contribution in [-0.4, -0.2) is 40.0 Å². The Kier molecular flexibility index (Phi) is 6.99. The van der Waals surface area contributed by atoms with Gasteiger partial charge >= 0.3 is 0 Å². The molecule has 0 aliphatic rings. The lowest BCUT2D eigenvalue weighted by Crippen LogP contribution is -2.26. The van der Waals surface area contributed by atoms with Crippen LogP contribution in [0.3, 0.4) is 0 Å². The summed E-state index contributed by atoms with van der Waals surface area (Å²) in [6, 6.07) is 8.01. The predicted octanol–water partition coefficient (Wildman–Crippen LogP) is 2.79. The SMILES string of the molecule is CNCC(OCCC(C)(C)OC)c1ccc(OC)cc1. The molecule has 0 aromatic heterocycles. The fourth-order valence-corrected chi connectivity index (χ4v) is 1.83. The number of ether oxygens (including phenoxy) is 3. The molecule has 0 bridgehead atoms. The molecule has 114 valence electrons. The lowest BCUT2D eigenvalue weighted by atomic mass is 10.1. The van der Waals surface area contributed by atoms with E-state index in [2.05, 4.69) is 19.2 Å². The lowest BCUT2D eigenvalue weighted by Gasteiger charge is -2.25. The summed E-state index contributed by atoms with van der Waals surface area (Å²) in [6.45, 7) is 5.58. The number of rotatable bonds is 9. The molecule has 1 aromatic carbocycles. The highest BCUT2D eigenvalue weighted by molar-refractivity contribution is 5.28. The molecule has 0 saturated heterocycles. The molecule has 0 saturated carbocycles.